The van der Waals surface area contributed by atoms with E-state index in [-0.39, 0.29) is 5.97 Å². The average Bonchev–Trinajstić information content (AvgIpc) is 2.72. The van der Waals surface area contributed by atoms with E-state index in [1.807, 2.05) is 6.92 Å². The van der Waals surface area contributed by atoms with Gasteiger partial charge in [-0.1, -0.05) is 19.8 Å². The molecule has 1 atom stereocenters. The van der Waals surface area contributed by atoms with E-state index < -0.39 is 0 Å². The van der Waals surface area contributed by atoms with E-state index in [2.05, 4.69) is 18.7 Å². The number of carbonyl (C=O) groups excluding carboxylic acids is 1. The first-order valence-corrected chi connectivity index (χ1v) is 6.60. The number of hydrogen-bond donors (Lipinski definition) is 0. The van der Waals surface area contributed by atoms with Crippen LogP contribution in [0.25, 0.3) is 0 Å². The van der Waals surface area contributed by atoms with Crippen molar-refractivity contribution in [1.82, 2.24) is 4.90 Å². The Labute approximate surface area is 99.1 Å². The van der Waals surface area contributed by atoms with E-state index in [1.54, 1.807) is 0 Å². The van der Waals surface area contributed by atoms with E-state index in [0.717, 1.165) is 6.54 Å². The normalized spacial score (nSPS) is 19.0. The average molecular weight is 227 g/mol. The minimum Gasteiger partial charge on any atom is -0.466 e. The zero-order valence-electron chi connectivity index (χ0n) is 10.9. The van der Waals surface area contributed by atoms with E-state index in [1.165, 1.54) is 25.7 Å². The van der Waals surface area contributed by atoms with Crippen LogP contribution < -0.4 is 0 Å². The van der Waals surface area contributed by atoms with Gasteiger partial charge in [0.25, 0.3) is 0 Å². The fourth-order valence-electron chi connectivity index (χ4n) is 2.74. The molecule has 0 bridgehead atoms. The van der Waals surface area contributed by atoms with Gasteiger partial charge >= 0.3 is 5.97 Å². The zero-order valence-corrected chi connectivity index (χ0v) is 10.9. The summed E-state index contributed by atoms with van der Waals surface area (Å²) in [5.41, 5.74) is 0. The molecule has 0 aromatic rings. The van der Waals surface area contributed by atoms with Gasteiger partial charge in [0.2, 0.25) is 0 Å². The molecule has 3 heteroatoms. The second-order valence-electron chi connectivity index (χ2n) is 4.63. The number of esters is 1. The van der Waals surface area contributed by atoms with Gasteiger partial charge in [-0.15, -0.1) is 0 Å². The molecule has 0 aromatic heterocycles. The first kappa shape index (κ1) is 13.5. The maximum atomic E-state index is 11.4. The van der Waals surface area contributed by atoms with Crippen molar-refractivity contribution in [2.24, 2.45) is 0 Å². The summed E-state index contributed by atoms with van der Waals surface area (Å²) >= 11 is 0. The van der Waals surface area contributed by atoms with Gasteiger partial charge in [0, 0.05) is 12.1 Å². The van der Waals surface area contributed by atoms with E-state index in [4.69, 9.17) is 4.74 Å². The van der Waals surface area contributed by atoms with Crippen LogP contribution >= 0.6 is 0 Å². The molecule has 1 unspecified atom stereocenters. The Hall–Kier alpha value is -0.570. The summed E-state index contributed by atoms with van der Waals surface area (Å²) in [6.07, 6.45) is 5.79. The molecule has 1 fully saturated rings. The first-order chi connectivity index (χ1) is 7.69. The van der Waals surface area contributed by atoms with Crippen LogP contribution in [-0.2, 0) is 9.53 Å². The van der Waals surface area contributed by atoms with Crippen LogP contribution in [0.3, 0.4) is 0 Å². The predicted octanol–water partition coefficient (Wildman–Crippen LogP) is 2.59. The van der Waals surface area contributed by atoms with Crippen molar-refractivity contribution in [2.75, 3.05) is 13.2 Å². The first-order valence-electron chi connectivity index (χ1n) is 6.60. The molecular weight excluding hydrogens is 202 g/mol. The molecule has 0 heterocycles. The molecule has 1 aliphatic rings. The highest BCUT2D eigenvalue weighted by atomic mass is 16.5. The molecule has 1 saturated carbocycles. The van der Waals surface area contributed by atoms with Gasteiger partial charge in [-0.3, -0.25) is 9.69 Å². The van der Waals surface area contributed by atoms with Crippen molar-refractivity contribution in [2.45, 2.75) is 65.0 Å². The maximum absolute atomic E-state index is 11.4. The Bertz CT molecular complexity index is 212. The monoisotopic (exact) mass is 227 g/mol. The third kappa shape index (κ3) is 3.78. The van der Waals surface area contributed by atoms with E-state index in [0.29, 0.717) is 25.1 Å². The van der Waals surface area contributed by atoms with Gasteiger partial charge in [-0.2, -0.15) is 0 Å². The van der Waals surface area contributed by atoms with E-state index in [9.17, 15) is 4.79 Å². The zero-order chi connectivity index (χ0) is 12.0. The highest BCUT2D eigenvalue weighted by molar-refractivity contribution is 5.70. The Balaban J connectivity index is 2.41. The lowest BCUT2D eigenvalue weighted by Gasteiger charge is -2.32. The predicted molar refractivity (Wildman–Crippen MR) is 65.3 cm³/mol. The fraction of sp³-hybridized carbons (Fsp3) is 0.923. The second-order valence-corrected chi connectivity index (χ2v) is 4.63. The van der Waals surface area contributed by atoms with Crippen molar-refractivity contribution >= 4 is 5.97 Å². The summed E-state index contributed by atoms with van der Waals surface area (Å²) in [5, 5.41) is 0. The lowest BCUT2D eigenvalue weighted by molar-refractivity contribution is -0.144. The van der Waals surface area contributed by atoms with Gasteiger partial charge in [0.05, 0.1) is 13.0 Å². The molecule has 0 spiro atoms. The topological polar surface area (TPSA) is 29.5 Å². The minimum absolute atomic E-state index is 0.0635. The fourth-order valence-corrected chi connectivity index (χ4v) is 2.74. The molecule has 0 amide bonds. The molecule has 0 N–H and O–H groups in total. The van der Waals surface area contributed by atoms with Gasteiger partial charge in [0.15, 0.2) is 0 Å². The molecule has 0 radical (unpaired) electrons. The SMILES string of the molecule is CCOC(=O)CC(C)N(CC)C1CCCC1. The molecule has 3 nitrogen and oxygen atoms in total. The summed E-state index contributed by atoms with van der Waals surface area (Å²) in [7, 11) is 0. The van der Waals surface area contributed by atoms with Crippen molar-refractivity contribution in [3.8, 4) is 0 Å². The van der Waals surface area contributed by atoms with Crippen LogP contribution in [0.4, 0.5) is 0 Å². The highest BCUT2D eigenvalue weighted by Gasteiger charge is 2.26. The Morgan fingerprint density at radius 1 is 1.38 bits per heavy atom. The Morgan fingerprint density at radius 3 is 2.50 bits per heavy atom. The Morgan fingerprint density at radius 2 is 2.00 bits per heavy atom. The lowest BCUT2D eigenvalue weighted by Crippen LogP contribution is -2.41. The summed E-state index contributed by atoms with van der Waals surface area (Å²) in [4.78, 5) is 13.9. The van der Waals surface area contributed by atoms with Crippen LogP contribution in [0.1, 0.15) is 52.9 Å². The lowest BCUT2D eigenvalue weighted by atomic mass is 10.1. The summed E-state index contributed by atoms with van der Waals surface area (Å²) in [6, 6.07) is 1.00. The Kier molecular flexibility index (Phi) is 5.81. The summed E-state index contributed by atoms with van der Waals surface area (Å²) in [5.74, 6) is -0.0635. The van der Waals surface area contributed by atoms with Crippen LogP contribution in [-0.4, -0.2) is 36.1 Å². The molecule has 0 aliphatic heterocycles. The standard InChI is InChI=1S/C13H25NO2/c1-4-14(12-8-6-7-9-12)11(3)10-13(15)16-5-2/h11-12H,4-10H2,1-3H3. The molecule has 16 heavy (non-hydrogen) atoms. The van der Waals surface area contributed by atoms with Crippen molar-refractivity contribution < 1.29 is 9.53 Å². The molecule has 0 aromatic carbocycles. The third-order valence-corrected chi connectivity index (χ3v) is 3.49. The minimum atomic E-state index is -0.0635. The van der Waals surface area contributed by atoms with Crippen LogP contribution in [0, 0.1) is 0 Å². The number of hydrogen-bond acceptors (Lipinski definition) is 3. The van der Waals surface area contributed by atoms with Crippen molar-refractivity contribution in [1.29, 1.82) is 0 Å². The maximum Gasteiger partial charge on any atom is 0.307 e. The smallest absolute Gasteiger partial charge is 0.307 e. The largest absolute Gasteiger partial charge is 0.466 e. The van der Waals surface area contributed by atoms with Gasteiger partial charge < -0.3 is 4.74 Å². The van der Waals surface area contributed by atoms with Gasteiger partial charge in [-0.25, -0.2) is 0 Å². The summed E-state index contributed by atoms with van der Waals surface area (Å²) < 4.78 is 5.00. The highest BCUT2D eigenvalue weighted by Crippen LogP contribution is 2.25. The number of ether oxygens (including phenoxy) is 1. The molecule has 1 aliphatic carbocycles. The van der Waals surface area contributed by atoms with Crippen LogP contribution in [0.2, 0.25) is 0 Å². The number of nitrogens with zero attached hydrogens (tertiary/aromatic N) is 1. The summed E-state index contributed by atoms with van der Waals surface area (Å²) in [6.45, 7) is 7.70. The second kappa shape index (κ2) is 6.89. The van der Waals surface area contributed by atoms with Gasteiger partial charge in [-0.05, 0) is 33.2 Å². The van der Waals surface area contributed by atoms with Crippen LogP contribution in [0.5, 0.6) is 0 Å². The molecule has 0 saturated heterocycles. The van der Waals surface area contributed by atoms with Crippen molar-refractivity contribution in [3.63, 3.8) is 0 Å². The molecule has 1 rings (SSSR count). The van der Waals surface area contributed by atoms with E-state index >= 15 is 0 Å². The quantitative estimate of drug-likeness (QED) is 0.653. The number of rotatable bonds is 6. The molecule has 94 valence electrons. The third-order valence-electron chi connectivity index (χ3n) is 3.49. The van der Waals surface area contributed by atoms with Crippen molar-refractivity contribution in [3.05, 3.63) is 0 Å². The van der Waals surface area contributed by atoms with Crippen LogP contribution in [0.15, 0.2) is 0 Å². The molecular formula is C13H25NO2. The number of carbonyl (C=O) groups is 1. The van der Waals surface area contributed by atoms with Gasteiger partial charge in [0.1, 0.15) is 0 Å².